The molecule has 2 heterocycles. The summed E-state index contributed by atoms with van der Waals surface area (Å²) in [5.41, 5.74) is 3.19. The van der Waals surface area contributed by atoms with E-state index in [1.165, 1.54) is 0 Å². The number of ether oxygens (including phenoxy) is 1. The Bertz CT molecular complexity index is 776. The minimum atomic E-state index is 0.129. The minimum absolute atomic E-state index is 0.129. The number of fused-ring (bicyclic) bond motifs is 1. The predicted molar refractivity (Wildman–Crippen MR) is 96.9 cm³/mol. The van der Waals surface area contributed by atoms with Crippen molar-refractivity contribution >= 4 is 11.7 Å². The largest absolute Gasteiger partial charge is 0.497 e. The highest BCUT2D eigenvalue weighted by Crippen LogP contribution is 2.28. The average molecular weight is 340 g/mol. The number of carbonyl (C=O) groups is 1. The Morgan fingerprint density at radius 1 is 1.28 bits per heavy atom. The number of carbonyl (C=O) groups excluding carboxylic acids is 1. The highest BCUT2D eigenvalue weighted by molar-refractivity contribution is 5.95. The number of methoxy groups -OCH3 is 1. The fraction of sp³-hybridized carbons (Fsp3) is 0.421. The van der Waals surface area contributed by atoms with Gasteiger partial charge in [0.05, 0.1) is 13.7 Å². The number of nitrogens with one attached hydrogen (secondary N) is 1. The van der Waals surface area contributed by atoms with E-state index in [4.69, 9.17) is 4.74 Å². The molecule has 6 heteroatoms. The maximum atomic E-state index is 12.5. The van der Waals surface area contributed by atoms with Gasteiger partial charge in [0.15, 0.2) is 0 Å². The minimum Gasteiger partial charge on any atom is -0.497 e. The van der Waals surface area contributed by atoms with Crippen molar-refractivity contribution in [2.45, 2.75) is 32.7 Å². The maximum Gasteiger partial charge on any atom is 0.228 e. The topological polar surface area (TPSA) is 67.3 Å². The molecule has 1 aliphatic rings. The van der Waals surface area contributed by atoms with E-state index in [2.05, 4.69) is 21.4 Å². The van der Waals surface area contributed by atoms with Crippen molar-refractivity contribution in [2.24, 2.45) is 0 Å². The Kier molecular flexibility index (Phi) is 5.28. The summed E-state index contributed by atoms with van der Waals surface area (Å²) >= 11 is 0. The van der Waals surface area contributed by atoms with Gasteiger partial charge in [-0.1, -0.05) is 12.1 Å². The summed E-state index contributed by atoms with van der Waals surface area (Å²) in [5, 5.41) is 3.07. The molecule has 1 aromatic carbocycles. The van der Waals surface area contributed by atoms with Gasteiger partial charge in [-0.15, -0.1) is 0 Å². The molecule has 0 saturated carbocycles. The van der Waals surface area contributed by atoms with Crippen LogP contribution in [0.2, 0.25) is 0 Å². The van der Waals surface area contributed by atoms with Gasteiger partial charge >= 0.3 is 0 Å². The van der Waals surface area contributed by atoms with Crippen molar-refractivity contribution < 1.29 is 9.53 Å². The third-order valence-corrected chi connectivity index (χ3v) is 4.48. The smallest absolute Gasteiger partial charge is 0.228 e. The summed E-state index contributed by atoms with van der Waals surface area (Å²) in [4.78, 5) is 23.5. The zero-order chi connectivity index (χ0) is 17.8. The Labute approximate surface area is 148 Å². The van der Waals surface area contributed by atoms with Crippen LogP contribution in [0.5, 0.6) is 5.75 Å². The van der Waals surface area contributed by atoms with E-state index in [1.54, 1.807) is 7.11 Å². The molecule has 0 aliphatic carbocycles. The Morgan fingerprint density at radius 3 is 2.88 bits per heavy atom. The van der Waals surface area contributed by atoms with Crippen molar-refractivity contribution in [1.29, 1.82) is 0 Å². The fourth-order valence-corrected chi connectivity index (χ4v) is 3.18. The number of hydrogen-bond acceptors (Lipinski definition) is 5. The molecule has 0 radical (unpaired) electrons. The van der Waals surface area contributed by atoms with Crippen LogP contribution < -0.4 is 15.0 Å². The van der Waals surface area contributed by atoms with Gasteiger partial charge in [-0.2, -0.15) is 0 Å². The van der Waals surface area contributed by atoms with Crippen molar-refractivity contribution in [3.63, 3.8) is 0 Å². The molecule has 6 nitrogen and oxygen atoms in total. The van der Waals surface area contributed by atoms with Gasteiger partial charge in [0, 0.05) is 24.2 Å². The van der Waals surface area contributed by atoms with Gasteiger partial charge in [0.25, 0.3) is 0 Å². The zero-order valence-corrected chi connectivity index (χ0v) is 15.0. The van der Waals surface area contributed by atoms with Gasteiger partial charge in [-0.25, -0.2) is 9.97 Å². The first kappa shape index (κ1) is 17.4. The van der Waals surface area contributed by atoms with Gasteiger partial charge in [0.2, 0.25) is 5.91 Å². The summed E-state index contributed by atoms with van der Waals surface area (Å²) in [5.74, 6) is 2.46. The van der Waals surface area contributed by atoms with Crippen LogP contribution in [-0.2, 0) is 24.2 Å². The fourth-order valence-electron chi connectivity index (χ4n) is 3.18. The summed E-state index contributed by atoms with van der Waals surface area (Å²) < 4.78 is 5.27. The van der Waals surface area contributed by atoms with Gasteiger partial charge in [-0.3, -0.25) is 9.69 Å². The molecular formula is C19H24N4O2. The lowest BCUT2D eigenvalue weighted by atomic mass is 10.0. The first-order chi connectivity index (χ1) is 12.1. The summed E-state index contributed by atoms with van der Waals surface area (Å²) in [6.07, 6.45) is 1.99. The molecule has 25 heavy (non-hydrogen) atoms. The van der Waals surface area contributed by atoms with E-state index < -0.39 is 0 Å². The molecule has 2 aromatic rings. The summed E-state index contributed by atoms with van der Waals surface area (Å²) in [6.45, 7) is 3.19. The van der Waals surface area contributed by atoms with Gasteiger partial charge in [0.1, 0.15) is 17.4 Å². The van der Waals surface area contributed by atoms with Gasteiger partial charge in [-0.05, 0) is 44.5 Å². The molecular weight excluding hydrogens is 316 g/mol. The molecule has 1 N–H and O–H groups in total. The molecule has 0 unspecified atom stereocenters. The second-order valence-corrected chi connectivity index (χ2v) is 6.20. The lowest BCUT2D eigenvalue weighted by Gasteiger charge is -2.29. The van der Waals surface area contributed by atoms with Crippen molar-refractivity contribution in [3.8, 4) is 5.75 Å². The number of benzene rings is 1. The third kappa shape index (κ3) is 3.79. The summed E-state index contributed by atoms with van der Waals surface area (Å²) in [6, 6.07) is 7.95. The molecule has 0 saturated heterocycles. The Morgan fingerprint density at radius 2 is 2.12 bits per heavy atom. The van der Waals surface area contributed by atoms with Crippen LogP contribution in [0.3, 0.4) is 0 Å². The molecule has 0 spiro atoms. The second-order valence-electron chi connectivity index (χ2n) is 6.20. The number of aromatic nitrogens is 2. The van der Waals surface area contributed by atoms with Crippen LogP contribution in [0.15, 0.2) is 24.3 Å². The monoisotopic (exact) mass is 340 g/mol. The van der Waals surface area contributed by atoms with E-state index in [1.807, 2.05) is 37.1 Å². The number of amides is 1. The molecule has 0 fully saturated rings. The van der Waals surface area contributed by atoms with Gasteiger partial charge < -0.3 is 10.1 Å². The van der Waals surface area contributed by atoms with E-state index in [-0.39, 0.29) is 5.91 Å². The van der Waals surface area contributed by atoms with Crippen molar-refractivity contribution in [3.05, 3.63) is 46.9 Å². The average Bonchev–Trinajstić information content (AvgIpc) is 2.61. The molecule has 1 aromatic heterocycles. The highest BCUT2D eigenvalue weighted by Gasteiger charge is 2.27. The number of anilines is 1. The molecule has 1 aliphatic heterocycles. The Hall–Kier alpha value is -2.47. The van der Waals surface area contributed by atoms with E-state index in [0.29, 0.717) is 19.5 Å². The van der Waals surface area contributed by atoms with E-state index in [0.717, 1.165) is 47.1 Å². The van der Waals surface area contributed by atoms with Crippen molar-refractivity contribution in [1.82, 2.24) is 15.3 Å². The predicted octanol–water partition coefficient (Wildman–Crippen LogP) is 2.03. The lowest BCUT2D eigenvalue weighted by molar-refractivity contribution is -0.118. The SMILES string of the molecule is CNCc1nc(C)c2c(n1)N(CCc1cccc(OC)c1)C(=O)CC2. The van der Waals surface area contributed by atoms with E-state index in [9.17, 15) is 4.79 Å². The first-order valence-electron chi connectivity index (χ1n) is 8.56. The Balaban J connectivity index is 1.85. The van der Waals surface area contributed by atoms with E-state index >= 15 is 0 Å². The van der Waals surface area contributed by atoms with Crippen LogP contribution in [0, 0.1) is 6.92 Å². The van der Waals surface area contributed by atoms with Crippen LogP contribution in [-0.4, -0.2) is 36.6 Å². The number of aryl methyl sites for hydroxylation is 1. The maximum absolute atomic E-state index is 12.5. The number of nitrogens with zero attached hydrogens (tertiary/aromatic N) is 3. The summed E-state index contributed by atoms with van der Waals surface area (Å²) in [7, 11) is 3.52. The number of hydrogen-bond donors (Lipinski definition) is 1. The lowest BCUT2D eigenvalue weighted by Crippen LogP contribution is -2.38. The van der Waals surface area contributed by atoms with Crippen LogP contribution in [0.25, 0.3) is 0 Å². The molecule has 0 atom stereocenters. The zero-order valence-electron chi connectivity index (χ0n) is 15.0. The second kappa shape index (κ2) is 7.61. The molecule has 0 bridgehead atoms. The standard InChI is InChI=1S/C19H24N4O2/c1-13-16-7-8-18(24)23(19(16)22-17(21-13)12-20-2)10-9-14-5-4-6-15(11-14)25-3/h4-6,11,20H,7-10,12H2,1-3H3. The third-order valence-electron chi connectivity index (χ3n) is 4.48. The molecule has 132 valence electrons. The quantitative estimate of drug-likeness (QED) is 0.871. The van der Waals surface area contributed by atoms with Crippen LogP contribution >= 0.6 is 0 Å². The molecule has 3 rings (SSSR count). The van der Waals surface area contributed by atoms with Crippen LogP contribution in [0.4, 0.5) is 5.82 Å². The highest BCUT2D eigenvalue weighted by atomic mass is 16.5. The van der Waals surface area contributed by atoms with Crippen LogP contribution in [0.1, 0.15) is 29.1 Å². The molecule has 1 amide bonds. The van der Waals surface area contributed by atoms with Crippen molar-refractivity contribution in [2.75, 3.05) is 25.6 Å². The first-order valence-corrected chi connectivity index (χ1v) is 8.56. The normalized spacial score (nSPS) is 13.7. The number of rotatable bonds is 6.